The van der Waals surface area contributed by atoms with Crippen LogP contribution in [0.4, 0.5) is 14.5 Å². The molecule has 0 aliphatic rings. The number of hydrogen-bond acceptors (Lipinski definition) is 1. The Morgan fingerprint density at radius 2 is 1.84 bits per heavy atom. The van der Waals surface area contributed by atoms with Crippen molar-refractivity contribution in [3.8, 4) is 0 Å². The number of carbonyl (C=O) groups excluding carboxylic acids is 1. The first-order chi connectivity index (χ1) is 8.95. The lowest BCUT2D eigenvalue weighted by Crippen LogP contribution is -2.12. The SMILES string of the molecule is Cc1cc(F)cc(C(=O)Nc2ccc(F)cc2Br)c1. The van der Waals surface area contributed by atoms with Gasteiger partial charge in [-0.3, -0.25) is 4.79 Å². The summed E-state index contributed by atoms with van der Waals surface area (Å²) in [7, 11) is 0. The average Bonchev–Trinajstić information content (AvgIpc) is 2.31. The van der Waals surface area contributed by atoms with Crippen molar-refractivity contribution in [3.05, 3.63) is 63.6 Å². The molecule has 0 aliphatic heterocycles. The van der Waals surface area contributed by atoms with Gasteiger partial charge in [-0.1, -0.05) is 0 Å². The van der Waals surface area contributed by atoms with Gasteiger partial charge in [0.2, 0.25) is 0 Å². The van der Waals surface area contributed by atoms with Crippen LogP contribution in [-0.2, 0) is 0 Å². The lowest BCUT2D eigenvalue weighted by Gasteiger charge is -2.08. The summed E-state index contributed by atoms with van der Waals surface area (Å²) in [6, 6.07) is 7.98. The fourth-order valence-corrected chi connectivity index (χ4v) is 2.10. The molecule has 5 heteroatoms. The molecule has 2 aromatic rings. The molecule has 19 heavy (non-hydrogen) atoms. The fourth-order valence-electron chi connectivity index (χ4n) is 1.65. The first-order valence-corrected chi connectivity index (χ1v) is 6.28. The van der Waals surface area contributed by atoms with Gasteiger partial charge in [-0.25, -0.2) is 8.78 Å². The van der Waals surface area contributed by atoms with Crippen LogP contribution >= 0.6 is 15.9 Å². The molecule has 0 aromatic heterocycles. The van der Waals surface area contributed by atoms with Crippen molar-refractivity contribution in [2.24, 2.45) is 0 Å². The van der Waals surface area contributed by atoms with Gasteiger partial charge in [0.25, 0.3) is 5.91 Å². The topological polar surface area (TPSA) is 29.1 Å². The molecular weight excluding hydrogens is 316 g/mol. The third-order valence-electron chi connectivity index (χ3n) is 2.48. The zero-order valence-corrected chi connectivity index (χ0v) is 11.6. The van der Waals surface area contributed by atoms with E-state index in [1.807, 2.05) is 0 Å². The van der Waals surface area contributed by atoms with Gasteiger partial charge in [-0.15, -0.1) is 0 Å². The van der Waals surface area contributed by atoms with Crippen LogP contribution in [0, 0.1) is 18.6 Å². The standard InChI is InChI=1S/C14H10BrF2NO/c1-8-4-9(6-11(17)5-8)14(19)18-13-3-2-10(16)7-12(13)15/h2-7H,1H3,(H,18,19). The Hall–Kier alpha value is -1.75. The van der Waals surface area contributed by atoms with E-state index in [0.717, 1.165) is 6.07 Å². The summed E-state index contributed by atoms with van der Waals surface area (Å²) in [5, 5.41) is 2.59. The minimum atomic E-state index is -0.469. The van der Waals surface area contributed by atoms with Crippen LogP contribution < -0.4 is 5.32 Å². The van der Waals surface area contributed by atoms with Crippen LogP contribution in [0.3, 0.4) is 0 Å². The lowest BCUT2D eigenvalue weighted by molar-refractivity contribution is 0.102. The van der Waals surface area contributed by atoms with Gasteiger partial charge in [0.15, 0.2) is 0 Å². The van der Waals surface area contributed by atoms with E-state index in [9.17, 15) is 13.6 Å². The molecule has 0 saturated heterocycles. The van der Waals surface area contributed by atoms with E-state index in [0.29, 0.717) is 15.7 Å². The Balaban J connectivity index is 2.25. The summed E-state index contributed by atoms with van der Waals surface area (Å²) < 4.78 is 26.6. The van der Waals surface area contributed by atoms with E-state index in [1.165, 1.54) is 24.3 Å². The second-order valence-electron chi connectivity index (χ2n) is 4.10. The highest BCUT2D eigenvalue weighted by Crippen LogP contribution is 2.23. The first kappa shape index (κ1) is 13.7. The van der Waals surface area contributed by atoms with Gasteiger partial charge >= 0.3 is 0 Å². The molecule has 0 aliphatic carbocycles. The second-order valence-corrected chi connectivity index (χ2v) is 4.95. The molecule has 0 atom stereocenters. The number of hydrogen-bond donors (Lipinski definition) is 1. The van der Waals surface area contributed by atoms with Gasteiger partial charge in [0.1, 0.15) is 11.6 Å². The monoisotopic (exact) mass is 325 g/mol. The van der Waals surface area contributed by atoms with Gasteiger partial charge < -0.3 is 5.32 Å². The van der Waals surface area contributed by atoms with Crippen molar-refractivity contribution in [3.63, 3.8) is 0 Å². The quantitative estimate of drug-likeness (QED) is 0.876. The third kappa shape index (κ3) is 3.38. The fraction of sp³-hybridized carbons (Fsp3) is 0.0714. The summed E-state index contributed by atoms with van der Waals surface area (Å²) in [6.45, 7) is 1.70. The van der Waals surface area contributed by atoms with Crippen LogP contribution in [0.25, 0.3) is 0 Å². The molecule has 2 rings (SSSR count). The summed E-state index contributed by atoms with van der Waals surface area (Å²) in [5.74, 6) is -1.33. The third-order valence-corrected chi connectivity index (χ3v) is 3.14. The molecule has 1 amide bonds. The maximum Gasteiger partial charge on any atom is 0.255 e. The zero-order valence-electron chi connectivity index (χ0n) is 10.0. The van der Waals surface area contributed by atoms with E-state index < -0.39 is 17.5 Å². The largest absolute Gasteiger partial charge is 0.321 e. The molecule has 0 saturated carbocycles. The molecule has 0 fully saturated rings. The highest BCUT2D eigenvalue weighted by Gasteiger charge is 2.10. The Morgan fingerprint density at radius 1 is 1.11 bits per heavy atom. The summed E-state index contributed by atoms with van der Waals surface area (Å²) in [4.78, 5) is 12.0. The van der Waals surface area contributed by atoms with Crippen molar-refractivity contribution >= 4 is 27.5 Å². The molecule has 1 N–H and O–H groups in total. The molecule has 0 radical (unpaired) electrons. The highest BCUT2D eigenvalue weighted by atomic mass is 79.9. The average molecular weight is 326 g/mol. The van der Waals surface area contributed by atoms with E-state index in [2.05, 4.69) is 21.2 Å². The molecule has 2 nitrogen and oxygen atoms in total. The second kappa shape index (κ2) is 5.48. The minimum Gasteiger partial charge on any atom is -0.321 e. The number of rotatable bonds is 2. The number of anilines is 1. The summed E-state index contributed by atoms with van der Waals surface area (Å²) >= 11 is 3.15. The van der Waals surface area contributed by atoms with Gasteiger partial charge in [0, 0.05) is 10.0 Å². The number of amides is 1. The zero-order chi connectivity index (χ0) is 14.0. The Bertz CT molecular complexity index is 623. The molecule has 0 heterocycles. The maximum atomic E-state index is 13.2. The summed E-state index contributed by atoms with van der Waals surface area (Å²) in [6.07, 6.45) is 0. The van der Waals surface area contributed by atoms with Crippen molar-refractivity contribution < 1.29 is 13.6 Å². The number of carbonyl (C=O) groups is 1. The van der Waals surface area contributed by atoms with Gasteiger partial charge in [0.05, 0.1) is 5.69 Å². The van der Waals surface area contributed by atoms with Gasteiger partial charge in [-0.2, -0.15) is 0 Å². The van der Waals surface area contributed by atoms with Crippen LogP contribution in [0.2, 0.25) is 0 Å². The van der Waals surface area contributed by atoms with Gasteiger partial charge in [-0.05, 0) is 64.8 Å². The van der Waals surface area contributed by atoms with Crippen molar-refractivity contribution in [2.75, 3.05) is 5.32 Å². The van der Waals surface area contributed by atoms with Crippen LogP contribution in [0.15, 0.2) is 40.9 Å². The number of halogens is 3. The lowest BCUT2D eigenvalue weighted by atomic mass is 10.1. The van der Waals surface area contributed by atoms with Crippen LogP contribution in [0.1, 0.15) is 15.9 Å². The molecule has 0 unspecified atom stereocenters. The van der Waals surface area contributed by atoms with Crippen LogP contribution in [0.5, 0.6) is 0 Å². The maximum absolute atomic E-state index is 13.2. The number of benzene rings is 2. The Kier molecular flexibility index (Phi) is 3.95. The molecule has 98 valence electrons. The van der Waals surface area contributed by atoms with Crippen LogP contribution in [-0.4, -0.2) is 5.91 Å². The first-order valence-electron chi connectivity index (χ1n) is 5.49. The van der Waals surface area contributed by atoms with E-state index in [1.54, 1.807) is 13.0 Å². The Labute approximate surface area is 117 Å². The Morgan fingerprint density at radius 3 is 2.47 bits per heavy atom. The predicted octanol–water partition coefficient (Wildman–Crippen LogP) is 4.29. The molecule has 2 aromatic carbocycles. The number of aryl methyl sites for hydroxylation is 1. The van der Waals surface area contributed by atoms with Crippen molar-refractivity contribution in [1.29, 1.82) is 0 Å². The normalized spacial score (nSPS) is 10.3. The van der Waals surface area contributed by atoms with Crippen molar-refractivity contribution in [1.82, 2.24) is 0 Å². The molecule has 0 spiro atoms. The highest BCUT2D eigenvalue weighted by molar-refractivity contribution is 9.10. The smallest absolute Gasteiger partial charge is 0.255 e. The summed E-state index contributed by atoms with van der Waals surface area (Å²) in [5.41, 5.74) is 1.30. The van der Waals surface area contributed by atoms with E-state index in [-0.39, 0.29) is 5.56 Å². The number of nitrogens with one attached hydrogen (secondary N) is 1. The predicted molar refractivity (Wildman–Crippen MR) is 73.2 cm³/mol. The molecule has 0 bridgehead atoms. The minimum absolute atomic E-state index is 0.216. The van der Waals surface area contributed by atoms with Crippen molar-refractivity contribution in [2.45, 2.75) is 6.92 Å². The van der Waals surface area contributed by atoms with E-state index >= 15 is 0 Å². The molecular formula is C14H10BrF2NO. The van der Waals surface area contributed by atoms with E-state index in [4.69, 9.17) is 0 Å².